The van der Waals surface area contributed by atoms with Gasteiger partial charge in [0, 0.05) is 39.8 Å². The highest BCUT2D eigenvalue weighted by Crippen LogP contribution is 2.40. The Balaban J connectivity index is 1.63. The summed E-state index contributed by atoms with van der Waals surface area (Å²) < 4.78 is 4.76. The van der Waals surface area contributed by atoms with E-state index in [9.17, 15) is 0 Å². The number of benzene rings is 5. The molecule has 2 heteroatoms. The lowest BCUT2D eigenvalue weighted by Gasteiger charge is -2.07. The fourth-order valence-electron chi connectivity index (χ4n) is 5.43. The molecule has 0 saturated carbocycles. The van der Waals surface area contributed by atoms with Crippen LogP contribution in [0.4, 0.5) is 0 Å². The van der Waals surface area contributed by atoms with Crippen LogP contribution in [0.1, 0.15) is 0 Å². The van der Waals surface area contributed by atoms with E-state index >= 15 is 0 Å². The van der Waals surface area contributed by atoms with Crippen molar-refractivity contribution in [3.05, 3.63) is 115 Å². The van der Waals surface area contributed by atoms with Crippen LogP contribution in [0.3, 0.4) is 0 Å². The summed E-state index contributed by atoms with van der Waals surface area (Å²) >= 11 is 0. The first-order chi connectivity index (χ1) is 16.3. The predicted molar refractivity (Wildman–Crippen MR) is 140 cm³/mol. The third kappa shape index (κ3) is 2.55. The second-order valence-electron chi connectivity index (χ2n) is 8.70. The first-order valence-electron chi connectivity index (χ1n) is 11.4. The summed E-state index contributed by atoms with van der Waals surface area (Å²) in [6.45, 7) is 0. The van der Waals surface area contributed by atoms with Gasteiger partial charge in [0.25, 0.3) is 0 Å². The van der Waals surface area contributed by atoms with E-state index in [2.05, 4.69) is 131 Å². The van der Waals surface area contributed by atoms with Crippen LogP contribution in [0, 0.1) is 0 Å². The van der Waals surface area contributed by atoms with Gasteiger partial charge in [0.1, 0.15) is 0 Å². The zero-order valence-electron chi connectivity index (χ0n) is 18.4. The van der Waals surface area contributed by atoms with Gasteiger partial charge < -0.3 is 9.13 Å². The minimum atomic E-state index is 1.19. The maximum Gasteiger partial charge on any atom is 0.0590 e. The van der Waals surface area contributed by atoms with Crippen LogP contribution in [0.2, 0.25) is 0 Å². The monoisotopic (exact) mass is 422 g/mol. The summed E-state index contributed by atoms with van der Waals surface area (Å²) in [5, 5.41) is 5.20. The quantitative estimate of drug-likeness (QED) is 0.266. The highest BCUT2D eigenvalue weighted by molar-refractivity contribution is 6.25. The number of hydrogen-bond acceptors (Lipinski definition) is 0. The number of nitrogens with zero attached hydrogens (tertiary/aromatic N) is 2. The third-order valence-electron chi connectivity index (χ3n) is 6.92. The molecule has 2 nitrogen and oxygen atoms in total. The van der Waals surface area contributed by atoms with Crippen LogP contribution in [0.5, 0.6) is 0 Å². The van der Waals surface area contributed by atoms with Gasteiger partial charge >= 0.3 is 0 Å². The van der Waals surface area contributed by atoms with Crippen molar-refractivity contribution < 1.29 is 0 Å². The summed E-state index contributed by atoms with van der Waals surface area (Å²) in [4.78, 5) is 0. The molecule has 0 bridgehead atoms. The van der Waals surface area contributed by atoms with Crippen LogP contribution in [-0.2, 0) is 7.05 Å². The standard InChI is InChI=1S/C31H22N2/c1-32-29-20-22(21-10-4-2-5-11-21)16-17-24(29)25-18-19-28-30(31(25)32)26-14-8-9-15-27(26)33(28)23-12-6-3-7-13-23/h2-20H,1H3. The van der Waals surface area contributed by atoms with Crippen LogP contribution < -0.4 is 0 Å². The molecule has 0 unspecified atom stereocenters. The molecule has 33 heavy (non-hydrogen) atoms. The van der Waals surface area contributed by atoms with Crippen LogP contribution in [0.15, 0.2) is 115 Å². The van der Waals surface area contributed by atoms with Crippen LogP contribution in [-0.4, -0.2) is 9.13 Å². The van der Waals surface area contributed by atoms with Crippen molar-refractivity contribution in [3.63, 3.8) is 0 Å². The van der Waals surface area contributed by atoms with Gasteiger partial charge in [-0.1, -0.05) is 84.9 Å². The summed E-state index contributed by atoms with van der Waals surface area (Å²) in [6, 6.07) is 41.5. The number of para-hydroxylation sites is 2. The number of aryl methyl sites for hydroxylation is 1. The largest absolute Gasteiger partial charge is 0.343 e. The minimum Gasteiger partial charge on any atom is -0.343 e. The second-order valence-corrected chi connectivity index (χ2v) is 8.70. The summed E-state index contributed by atoms with van der Waals surface area (Å²) in [5.74, 6) is 0. The van der Waals surface area contributed by atoms with E-state index in [1.54, 1.807) is 0 Å². The SMILES string of the molecule is Cn1c2cc(-c3ccccc3)ccc2c2ccc3c(c4ccccc4n3-c3ccccc3)c21. The van der Waals surface area contributed by atoms with Crippen molar-refractivity contribution in [3.8, 4) is 16.8 Å². The molecule has 156 valence electrons. The molecule has 0 N–H and O–H groups in total. The van der Waals surface area contributed by atoms with Crippen LogP contribution >= 0.6 is 0 Å². The molecule has 0 atom stereocenters. The Morgan fingerprint density at radius 1 is 0.485 bits per heavy atom. The van der Waals surface area contributed by atoms with E-state index < -0.39 is 0 Å². The summed E-state index contributed by atoms with van der Waals surface area (Å²) in [5.41, 5.74) is 8.71. The van der Waals surface area contributed by atoms with E-state index in [0.717, 1.165) is 0 Å². The van der Waals surface area contributed by atoms with Gasteiger partial charge in [-0.3, -0.25) is 0 Å². The predicted octanol–water partition coefficient (Wildman–Crippen LogP) is 8.10. The lowest BCUT2D eigenvalue weighted by Crippen LogP contribution is -1.93. The average Bonchev–Trinajstić information content (AvgIpc) is 3.37. The molecule has 0 saturated heterocycles. The Kier molecular flexibility index (Phi) is 3.80. The third-order valence-corrected chi connectivity index (χ3v) is 6.92. The van der Waals surface area contributed by atoms with Crippen molar-refractivity contribution in [2.45, 2.75) is 0 Å². The first-order valence-corrected chi connectivity index (χ1v) is 11.4. The maximum atomic E-state index is 2.39. The molecule has 0 radical (unpaired) electrons. The van der Waals surface area contributed by atoms with E-state index in [-0.39, 0.29) is 0 Å². The molecule has 7 aromatic rings. The topological polar surface area (TPSA) is 9.86 Å². The highest BCUT2D eigenvalue weighted by atomic mass is 15.0. The van der Waals surface area contributed by atoms with Gasteiger partial charge in [-0.05, 0) is 41.5 Å². The Morgan fingerprint density at radius 3 is 2.00 bits per heavy atom. The van der Waals surface area contributed by atoms with Crippen molar-refractivity contribution in [2.75, 3.05) is 0 Å². The molecule has 2 aromatic heterocycles. The fourth-order valence-corrected chi connectivity index (χ4v) is 5.43. The molecule has 0 spiro atoms. The van der Waals surface area contributed by atoms with Crippen molar-refractivity contribution in [1.29, 1.82) is 0 Å². The van der Waals surface area contributed by atoms with Gasteiger partial charge in [-0.25, -0.2) is 0 Å². The van der Waals surface area contributed by atoms with Gasteiger partial charge in [-0.2, -0.15) is 0 Å². The van der Waals surface area contributed by atoms with Crippen molar-refractivity contribution >= 4 is 43.6 Å². The molecular weight excluding hydrogens is 400 g/mol. The number of fused-ring (bicyclic) bond motifs is 7. The maximum absolute atomic E-state index is 2.39. The number of aromatic nitrogens is 2. The van der Waals surface area contributed by atoms with E-state index in [0.29, 0.717) is 0 Å². The first kappa shape index (κ1) is 18.3. The lowest BCUT2D eigenvalue weighted by atomic mass is 10.0. The summed E-state index contributed by atoms with van der Waals surface area (Å²) in [6.07, 6.45) is 0. The van der Waals surface area contributed by atoms with Gasteiger partial charge in [0.05, 0.1) is 16.6 Å². The van der Waals surface area contributed by atoms with Gasteiger partial charge in [-0.15, -0.1) is 0 Å². The van der Waals surface area contributed by atoms with E-state index in [4.69, 9.17) is 0 Å². The zero-order valence-corrected chi connectivity index (χ0v) is 18.4. The molecule has 2 heterocycles. The number of hydrogen-bond donors (Lipinski definition) is 0. The minimum absolute atomic E-state index is 1.19. The highest BCUT2D eigenvalue weighted by Gasteiger charge is 2.18. The Labute approximate surface area is 191 Å². The average molecular weight is 423 g/mol. The second kappa shape index (κ2) is 6.85. The fraction of sp³-hybridized carbons (Fsp3) is 0.0323. The lowest BCUT2D eigenvalue weighted by molar-refractivity contribution is 1.02. The Hall–Kier alpha value is -4.30. The molecule has 0 aliphatic rings. The molecule has 0 aliphatic carbocycles. The van der Waals surface area contributed by atoms with Crippen LogP contribution in [0.25, 0.3) is 60.4 Å². The van der Waals surface area contributed by atoms with Gasteiger partial charge in [0.2, 0.25) is 0 Å². The molecular formula is C31H22N2. The molecule has 0 amide bonds. The normalized spacial score (nSPS) is 11.8. The molecule has 5 aromatic carbocycles. The zero-order chi connectivity index (χ0) is 21.9. The van der Waals surface area contributed by atoms with Crippen molar-refractivity contribution in [2.24, 2.45) is 7.05 Å². The Morgan fingerprint density at radius 2 is 1.18 bits per heavy atom. The Bertz CT molecular complexity index is 1800. The van der Waals surface area contributed by atoms with Gasteiger partial charge in [0.15, 0.2) is 0 Å². The summed E-state index contributed by atoms with van der Waals surface area (Å²) in [7, 11) is 2.20. The van der Waals surface area contributed by atoms with E-state index in [1.807, 2.05) is 0 Å². The number of rotatable bonds is 2. The molecule has 7 rings (SSSR count). The molecule has 0 fully saturated rings. The smallest absolute Gasteiger partial charge is 0.0590 e. The van der Waals surface area contributed by atoms with E-state index in [1.165, 1.54) is 60.4 Å². The van der Waals surface area contributed by atoms with Crippen molar-refractivity contribution in [1.82, 2.24) is 9.13 Å². The molecule has 0 aliphatic heterocycles.